The number of anilines is 1. The molecule has 0 amide bonds. The number of dihydropyridines is 1. The molecule has 2 atom stereocenters. The van der Waals surface area contributed by atoms with Gasteiger partial charge in [-0.25, -0.2) is 0 Å². The molecule has 4 heterocycles. The normalized spacial score (nSPS) is 18.1. The molecule has 0 saturated carbocycles. The lowest BCUT2D eigenvalue weighted by Gasteiger charge is -2.27. The highest BCUT2D eigenvalue weighted by atomic mass is 15.2. The summed E-state index contributed by atoms with van der Waals surface area (Å²) >= 11 is 0. The summed E-state index contributed by atoms with van der Waals surface area (Å²) in [6.45, 7) is 35.8. The molecule has 8 nitrogen and oxygen atoms in total. The Morgan fingerprint density at radius 1 is 1.03 bits per heavy atom. The molecule has 1 aromatic heterocycles. The topological polar surface area (TPSA) is 100 Å². The number of hydrogen-bond acceptors (Lipinski definition) is 7. The molecule has 322 valence electrons. The van der Waals surface area contributed by atoms with Crippen molar-refractivity contribution in [3.63, 3.8) is 0 Å². The van der Waals surface area contributed by atoms with Crippen LogP contribution in [0.4, 0.5) is 5.69 Å². The zero-order chi connectivity index (χ0) is 44.2. The first kappa shape index (κ1) is 49.1. The van der Waals surface area contributed by atoms with Gasteiger partial charge in [0.1, 0.15) is 17.7 Å². The van der Waals surface area contributed by atoms with Crippen LogP contribution in [0.15, 0.2) is 124 Å². The molecular weight excluding hydrogens is 737 g/mol. The van der Waals surface area contributed by atoms with Gasteiger partial charge < -0.3 is 21.3 Å². The molecule has 0 radical (unpaired) electrons. The Labute approximate surface area is 363 Å². The first-order valence-corrected chi connectivity index (χ1v) is 22.0. The van der Waals surface area contributed by atoms with Crippen LogP contribution in [0.25, 0.3) is 11.6 Å². The molecule has 0 spiro atoms. The summed E-state index contributed by atoms with van der Waals surface area (Å²) < 4.78 is 0. The zero-order valence-corrected chi connectivity index (χ0v) is 38.7. The van der Waals surface area contributed by atoms with Gasteiger partial charge in [-0.1, -0.05) is 81.9 Å². The van der Waals surface area contributed by atoms with Crippen molar-refractivity contribution >= 4 is 29.9 Å². The maximum Gasteiger partial charge on any atom is 0.149 e. The molecule has 3 aliphatic heterocycles. The van der Waals surface area contributed by atoms with Crippen molar-refractivity contribution in [3.05, 3.63) is 147 Å². The molecule has 60 heavy (non-hydrogen) atoms. The number of nitrogens with one attached hydrogen (secondary N) is 5. The van der Waals surface area contributed by atoms with Gasteiger partial charge in [0.15, 0.2) is 0 Å². The summed E-state index contributed by atoms with van der Waals surface area (Å²) in [6, 6.07) is 8.54. The Bertz CT molecular complexity index is 2040. The van der Waals surface area contributed by atoms with Crippen LogP contribution in [-0.4, -0.2) is 54.8 Å². The number of benzene rings is 1. The number of rotatable bonds is 11. The number of amidine groups is 1. The highest BCUT2D eigenvalue weighted by Gasteiger charge is 2.25. The standard InChI is InChI=1S/C44H53N7.C4H9N.2C2H6/c1-10-30(6)35-19-21-51(27-35)26-33-24-36(23-29(4)5)41(48-25-33)43(45)49-39-16-12-11-14-37(31(39)7)38-15-13-17-40(32(38)8)50-44-42(46-9)34(18-20-47-44)22-28(2)3;1-2-4-5-3-1;2*1-2/h12-18,20,22-25,35,44,47,50H,1,9,11,19,21,26-27H2,2-8H3,(H2,45,49);5H,1-4H2;2*1-2H3. The largest absolute Gasteiger partial charge is 0.366 e. The van der Waals surface area contributed by atoms with Crippen LogP contribution in [-0.2, 0) is 6.54 Å². The first-order chi connectivity index (χ1) is 29.0. The smallest absolute Gasteiger partial charge is 0.149 e. The molecule has 8 heteroatoms. The van der Waals surface area contributed by atoms with Gasteiger partial charge >= 0.3 is 0 Å². The summed E-state index contributed by atoms with van der Waals surface area (Å²) in [4.78, 5) is 11.7. The van der Waals surface area contributed by atoms with E-state index in [1.807, 2.05) is 46.2 Å². The molecule has 5 N–H and O–H groups in total. The fourth-order valence-corrected chi connectivity index (χ4v) is 7.57. The van der Waals surface area contributed by atoms with E-state index in [2.05, 4.69) is 153 Å². The van der Waals surface area contributed by atoms with Crippen LogP contribution < -0.4 is 21.3 Å². The second-order valence-electron chi connectivity index (χ2n) is 15.6. The van der Waals surface area contributed by atoms with Gasteiger partial charge in [0.05, 0.1) is 5.70 Å². The SMILES string of the molecule is C1CCNC1.C=C=C(C)C1CCN(Cc2cnc(C(=N)NC3=C(C)C(c4cccc(NC5NC=CC(C=C(C)C)=C5N=C)c4C)=CCC=C3)c(C=C(C)C)c2)C1.CC.CC. The monoisotopic (exact) mass is 811 g/mol. The third kappa shape index (κ3) is 13.9. The molecule has 1 aliphatic carbocycles. The van der Waals surface area contributed by atoms with Crippen molar-refractivity contribution in [3.8, 4) is 0 Å². The third-order valence-electron chi connectivity index (χ3n) is 10.6. The van der Waals surface area contributed by atoms with E-state index in [1.54, 1.807) is 0 Å². The van der Waals surface area contributed by atoms with Crippen LogP contribution in [0.2, 0.25) is 0 Å². The predicted molar refractivity (Wildman–Crippen MR) is 261 cm³/mol. The van der Waals surface area contributed by atoms with Gasteiger partial charge in [-0.3, -0.25) is 20.3 Å². The van der Waals surface area contributed by atoms with E-state index in [4.69, 9.17) is 4.98 Å². The van der Waals surface area contributed by atoms with Crippen molar-refractivity contribution in [2.45, 2.75) is 115 Å². The number of hydrogen-bond donors (Lipinski definition) is 5. The Kier molecular flexibility index (Phi) is 20.8. The molecule has 1 aromatic carbocycles. The highest BCUT2D eigenvalue weighted by molar-refractivity contribution is 6.00. The van der Waals surface area contributed by atoms with Crippen molar-refractivity contribution in [2.75, 3.05) is 31.5 Å². The lowest BCUT2D eigenvalue weighted by Crippen LogP contribution is -2.36. The van der Waals surface area contributed by atoms with Gasteiger partial charge in [-0.15, -0.1) is 5.73 Å². The lowest BCUT2D eigenvalue weighted by atomic mass is 9.92. The van der Waals surface area contributed by atoms with E-state index in [0.717, 1.165) is 94.1 Å². The summed E-state index contributed by atoms with van der Waals surface area (Å²) in [7, 11) is 0. The summed E-state index contributed by atoms with van der Waals surface area (Å²) in [6.07, 6.45) is 21.1. The quantitative estimate of drug-likeness (QED) is 0.0880. The van der Waals surface area contributed by atoms with Crippen molar-refractivity contribution in [1.29, 1.82) is 5.41 Å². The number of pyridine rings is 1. The van der Waals surface area contributed by atoms with Crippen LogP contribution in [0, 0.1) is 18.3 Å². The van der Waals surface area contributed by atoms with E-state index in [9.17, 15) is 5.41 Å². The van der Waals surface area contributed by atoms with E-state index in [-0.39, 0.29) is 12.0 Å². The number of aliphatic imine (C=N–C) groups is 1. The summed E-state index contributed by atoms with van der Waals surface area (Å²) in [5.74, 6) is 0.788. The van der Waals surface area contributed by atoms with Gasteiger partial charge in [-0.2, -0.15) is 0 Å². The Balaban J connectivity index is 0.000000967. The fraction of sp³-hybridized carbons (Fsp3) is 0.423. The van der Waals surface area contributed by atoms with Crippen LogP contribution in [0.5, 0.6) is 0 Å². The van der Waals surface area contributed by atoms with Gasteiger partial charge in [0.2, 0.25) is 0 Å². The minimum Gasteiger partial charge on any atom is -0.366 e. The summed E-state index contributed by atoms with van der Waals surface area (Å²) in [5, 5.41) is 23.0. The number of likely N-dealkylation sites (tertiary alicyclic amines) is 1. The van der Waals surface area contributed by atoms with E-state index < -0.39 is 0 Å². The second kappa shape index (κ2) is 25.4. The molecule has 4 aliphatic rings. The predicted octanol–water partition coefficient (Wildman–Crippen LogP) is 11.8. The maximum atomic E-state index is 9.23. The van der Waals surface area contributed by atoms with Crippen LogP contribution >= 0.6 is 0 Å². The van der Waals surface area contributed by atoms with Gasteiger partial charge in [-0.05, 0) is 164 Å². The summed E-state index contributed by atoms with van der Waals surface area (Å²) in [5.41, 5.74) is 17.7. The van der Waals surface area contributed by atoms with E-state index in [1.165, 1.54) is 37.1 Å². The molecule has 2 fully saturated rings. The highest BCUT2D eigenvalue weighted by Crippen LogP contribution is 2.34. The average Bonchev–Trinajstić information content (AvgIpc) is 3.96. The first-order valence-electron chi connectivity index (χ1n) is 22.0. The number of nitrogens with zero attached hydrogens (tertiary/aromatic N) is 3. The fourth-order valence-electron chi connectivity index (χ4n) is 7.57. The Hall–Kier alpha value is -5.27. The average molecular weight is 811 g/mol. The van der Waals surface area contributed by atoms with Crippen LogP contribution in [0.3, 0.4) is 0 Å². The molecule has 2 unspecified atom stereocenters. The molecule has 2 aromatic rings. The molecule has 0 bridgehead atoms. The van der Waals surface area contributed by atoms with Gasteiger partial charge in [0.25, 0.3) is 0 Å². The zero-order valence-electron chi connectivity index (χ0n) is 38.7. The van der Waals surface area contributed by atoms with Crippen molar-refractivity contribution in [2.24, 2.45) is 10.9 Å². The van der Waals surface area contributed by atoms with Crippen molar-refractivity contribution < 1.29 is 0 Å². The molecule has 2 saturated heterocycles. The van der Waals surface area contributed by atoms with Crippen LogP contribution in [0.1, 0.15) is 123 Å². The van der Waals surface area contributed by atoms with Gasteiger partial charge in [0, 0.05) is 47.7 Å². The second-order valence-corrected chi connectivity index (χ2v) is 15.6. The van der Waals surface area contributed by atoms with Crippen molar-refractivity contribution in [1.82, 2.24) is 25.8 Å². The Morgan fingerprint density at radius 3 is 2.38 bits per heavy atom. The molecule has 6 rings (SSSR count). The minimum atomic E-state index is -0.217. The molecular formula is C52H74N8. The van der Waals surface area contributed by atoms with E-state index in [0.29, 0.717) is 11.6 Å². The lowest BCUT2D eigenvalue weighted by molar-refractivity contribution is 0.322. The Morgan fingerprint density at radius 2 is 1.75 bits per heavy atom. The number of allylic oxidation sites excluding steroid dienone is 10. The van der Waals surface area contributed by atoms with E-state index >= 15 is 0 Å². The third-order valence-corrected chi connectivity index (χ3v) is 10.6. The minimum absolute atomic E-state index is 0.217. The number of aromatic nitrogens is 1. The maximum absolute atomic E-state index is 9.23.